The molecule has 218 valence electrons. The first-order valence-corrected chi connectivity index (χ1v) is 13.7. The van der Waals surface area contributed by atoms with Gasteiger partial charge in [0.05, 0.1) is 29.7 Å². The largest absolute Gasteiger partial charge is 0.387 e. The number of nitrogens with one attached hydrogen (secondary N) is 1. The molecule has 2 fully saturated rings. The van der Waals surface area contributed by atoms with Crippen LogP contribution in [0.25, 0.3) is 5.65 Å². The van der Waals surface area contributed by atoms with Gasteiger partial charge in [-0.2, -0.15) is 5.10 Å². The first-order chi connectivity index (χ1) is 19.4. The lowest BCUT2D eigenvalue weighted by atomic mass is 9.86. The van der Waals surface area contributed by atoms with Crippen molar-refractivity contribution in [1.82, 2.24) is 24.4 Å². The van der Waals surface area contributed by atoms with Gasteiger partial charge in [-0.15, -0.1) is 0 Å². The smallest absolute Gasteiger partial charge is 0.261 e. The molecule has 1 aromatic carbocycles. The molecule has 6 rings (SSSR count). The van der Waals surface area contributed by atoms with Crippen LogP contribution in [0, 0.1) is 0 Å². The van der Waals surface area contributed by atoms with Crippen LogP contribution in [-0.4, -0.2) is 97.8 Å². The molecule has 1 aliphatic carbocycles. The summed E-state index contributed by atoms with van der Waals surface area (Å²) in [5.41, 5.74) is 1.18. The minimum atomic E-state index is -2.59. The van der Waals surface area contributed by atoms with E-state index < -0.39 is 23.6 Å². The maximum atomic E-state index is 14.7. The standard InChI is InChI=1S/C28H32F3N7O3/c1-27(2,41)23(29)16-37-15-17-10-21(34-25(39)20-14-33-38-5-3-4-32-24(20)38)22(11-19(17)26(37)40)36-8-6-35(7-9-36)18-12-28(30,31)13-18/h3-5,10-11,14,18,23,41H,6-9,12-13,15-16H2,1-2H3,(H,34,39)/t23-/m1/s1. The number of benzene rings is 1. The molecule has 0 bridgehead atoms. The second-order valence-corrected chi connectivity index (χ2v) is 11.7. The molecule has 10 nitrogen and oxygen atoms in total. The summed E-state index contributed by atoms with van der Waals surface area (Å²) < 4.78 is 43.1. The van der Waals surface area contributed by atoms with Crippen molar-refractivity contribution in [2.45, 2.75) is 57.0 Å². The van der Waals surface area contributed by atoms with Crippen molar-refractivity contribution in [3.05, 3.63) is 53.5 Å². The Balaban J connectivity index is 1.27. The highest BCUT2D eigenvalue weighted by Crippen LogP contribution is 2.41. The summed E-state index contributed by atoms with van der Waals surface area (Å²) in [6, 6.07) is 5.00. The van der Waals surface area contributed by atoms with Crippen LogP contribution in [-0.2, 0) is 6.54 Å². The number of carbonyl (C=O) groups is 2. The zero-order valence-corrected chi connectivity index (χ0v) is 22.9. The minimum absolute atomic E-state index is 0.134. The van der Waals surface area contributed by atoms with Crippen LogP contribution in [0.1, 0.15) is 53.0 Å². The van der Waals surface area contributed by atoms with Gasteiger partial charge in [-0.1, -0.05) is 0 Å². The lowest BCUT2D eigenvalue weighted by Crippen LogP contribution is -2.57. The second kappa shape index (κ2) is 9.98. The highest BCUT2D eigenvalue weighted by molar-refractivity contribution is 6.10. The summed E-state index contributed by atoms with van der Waals surface area (Å²) in [4.78, 5) is 36.4. The Labute approximate surface area is 234 Å². The molecule has 3 aromatic rings. The molecule has 2 aromatic heterocycles. The number of anilines is 2. The molecule has 0 unspecified atom stereocenters. The molecule has 4 heterocycles. The number of aliphatic hydroxyl groups is 1. The molecule has 13 heteroatoms. The second-order valence-electron chi connectivity index (χ2n) is 11.7. The molecule has 1 saturated carbocycles. The van der Waals surface area contributed by atoms with Gasteiger partial charge in [0.25, 0.3) is 17.7 Å². The maximum Gasteiger partial charge on any atom is 0.261 e. The Bertz CT molecular complexity index is 1490. The van der Waals surface area contributed by atoms with Gasteiger partial charge < -0.3 is 20.2 Å². The van der Waals surface area contributed by atoms with Crippen molar-refractivity contribution in [2.75, 3.05) is 42.9 Å². The van der Waals surface area contributed by atoms with E-state index in [4.69, 9.17) is 0 Å². The topological polar surface area (TPSA) is 106 Å². The van der Waals surface area contributed by atoms with Crippen molar-refractivity contribution in [1.29, 1.82) is 0 Å². The fraction of sp³-hybridized carbons (Fsp3) is 0.500. The number of rotatable bonds is 7. The number of fused-ring (bicyclic) bond motifs is 2. The minimum Gasteiger partial charge on any atom is -0.387 e. The SMILES string of the molecule is CC(C)(O)[C@H](F)CN1Cc2cc(NC(=O)c3cnn4cccnc34)c(N3CCN(C4CC(F)(F)C4)CC3)cc2C1=O. The van der Waals surface area contributed by atoms with Crippen LogP contribution < -0.4 is 10.2 Å². The fourth-order valence-corrected chi connectivity index (χ4v) is 5.73. The fourth-order valence-electron chi connectivity index (χ4n) is 5.73. The van der Waals surface area contributed by atoms with Crippen LogP contribution >= 0.6 is 0 Å². The number of amides is 2. The summed E-state index contributed by atoms with van der Waals surface area (Å²) in [7, 11) is 0. The van der Waals surface area contributed by atoms with Gasteiger partial charge in [-0.3, -0.25) is 14.5 Å². The summed E-state index contributed by atoms with van der Waals surface area (Å²) in [6.45, 7) is 4.75. The maximum absolute atomic E-state index is 14.7. The molecular formula is C28H32F3N7O3. The van der Waals surface area contributed by atoms with Gasteiger partial charge in [0.2, 0.25) is 0 Å². The molecule has 41 heavy (non-hydrogen) atoms. The van der Waals surface area contributed by atoms with E-state index in [9.17, 15) is 27.9 Å². The quantitative estimate of drug-likeness (QED) is 0.449. The third-order valence-corrected chi connectivity index (χ3v) is 8.26. The third-order valence-electron chi connectivity index (χ3n) is 8.26. The Kier molecular flexibility index (Phi) is 6.68. The number of hydrogen-bond donors (Lipinski definition) is 2. The zero-order chi connectivity index (χ0) is 29.1. The van der Waals surface area contributed by atoms with Crippen LogP contribution in [0.5, 0.6) is 0 Å². The average molecular weight is 572 g/mol. The Morgan fingerprint density at radius 3 is 2.63 bits per heavy atom. The molecule has 1 saturated heterocycles. The van der Waals surface area contributed by atoms with E-state index in [0.29, 0.717) is 54.3 Å². The molecule has 3 aliphatic rings. The van der Waals surface area contributed by atoms with Gasteiger partial charge in [0.1, 0.15) is 11.7 Å². The van der Waals surface area contributed by atoms with Gasteiger partial charge >= 0.3 is 0 Å². The number of aromatic nitrogens is 3. The number of alkyl halides is 3. The zero-order valence-electron chi connectivity index (χ0n) is 22.9. The average Bonchev–Trinajstić information content (AvgIpc) is 3.47. The lowest BCUT2D eigenvalue weighted by molar-refractivity contribution is -0.124. The van der Waals surface area contributed by atoms with E-state index >= 15 is 0 Å². The summed E-state index contributed by atoms with van der Waals surface area (Å²) in [5, 5.41) is 17.2. The molecule has 1 atom stereocenters. The van der Waals surface area contributed by atoms with Gasteiger partial charge in [-0.05, 0) is 37.6 Å². The van der Waals surface area contributed by atoms with Crippen molar-refractivity contribution in [2.24, 2.45) is 0 Å². The number of carbonyl (C=O) groups excluding carboxylic acids is 2. The van der Waals surface area contributed by atoms with E-state index in [1.165, 1.54) is 29.5 Å². The van der Waals surface area contributed by atoms with Crippen LogP contribution in [0.4, 0.5) is 24.5 Å². The van der Waals surface area contributed by atoms with Crippen molar-refractivity contribution < 1.29 is 27.9 Å². The monoisotopic (exact) mass is 571 g/mol. The predicted octanol–water partition coefficient (Wildman–Crippen LogP) is 2.97. The summed E-state index contributed by atoms with van der Waals surface area (Å²) in [5.74, 6) is -3.38. The van der Waals surface area contributed by atoms with Gasteiger partial charge in [0, 0.05) is 69.6 Å². The molecule has 0 spiro atoms. The number of piperazine rings is 1. The van der Waals surface area contributed by atoms with E-state index in [-0.39, 0.29) is 43.4 Å². The summed E-state index contributed by atoms with van der Waals surface area (Å²) in [6.07, 6.45) is 2.77. The molecule has 2 amide bonds. The van der Waals surface area contributed by atoms with Crippen LogP contribution in [0.2, 0.25) is 0 Å². The lowest BCUT2D eigenvalue weighted by Gasteiger charge is -2.46. The number of hydrogen-bond acceptors (Lipinski definition) is 7. The molecular weight excluding hydrogens is 539 g/mol. The van der Waals surface area contributed by atoms with Crippen molar-refractivity contribution >= 4 is 28.8 Å². The normalized spacial score (nSPS) is 20.3. The Hall–Kier alpha value is -3.71. The van der Waals surface area contributed by atoms with Gasteiger partial charge in [-0.25, -0.2) is 22.7 Å². The molecule has 0 radical (unpaired) electrons. The van der Waals surface area contributed by atoms with Gasteiger partial charge in [0.15, 0.2) is 5.65 Å². The summed E-state index contributed by atoms with van der Waals surface area (Å²) >= 11 is 0. The van der Waals surface area contributed by atoms with Crippen LogP contribution in [0.15, 0.2) is 36.8 Å². The van der Waals surface area contributed by atoms with E-state index in [2.05, 4.69) is 20.3 Å². The van der Waals surface area contributed by atoms with E-state index in [1.807, 2.05) is 4.90 Å². The molecule has 2 aliphatic heterocycles. The number of nitrogens with zero attached hydrogens (tertiary/aromatic N) is 6. The highest BCUT2D eigenvalue weighted by atomic mass is 19.3. The Morgan fingerprint density at radius 1 is 1.22 bits per heavy atom. The van der Waals surface area contributed by atoms with Crippen molar-refractivity contribution in [3.8, 4) is 0 Å². The number of halogens is 3. The first kappa shape index (κ1) is 27.5. The first-order valence-electron chi connectivity index (χ1n) is 13.7. The highest BCUT2D eigenvalue weighted by Gasteiger charge is 2.48. The van der Waals surface area contributed by atoms with Crippen molar-refractivity contribution in [3.63, 3.8) is 0 Å². The predicted molar refractivity (Wildman–Crippen MR) is 145 cm³/mol. The van der Waals surface area contributed by atoms with E-state index in [1.54, 1.807) is 30.6 Å². The third kappa shape index (κ3) is 5.23. The van der Waals surface area contributed by atoms with Crippen LogP contribution in [0.3, 0.4) is 0 Å². The van der Waals surface area contributed by atoms with E-state index in [0.717, 1.165) is 0 Å². The molecule has 2 N–H and O–H groups in total. The Morgan fingerprint density at radius 2 is 1.95 bits per heavy atom.